The number of amides is 2. The average molecular weight is 396 g/mol. The van der Waals surface area contributed by atoms with Crippen LogP contribution in [0.25, 0.3) is 0 Å². The van der Waals surface area contributed by atoms with Gasteiger partial charge in [0.1, 0.15) is 0 Å². The number of aliphatic carboxylic acids is 1. The molecule has 0 spiro atoms. The van der Waals surface area contributed by atoms with Gasteiger partial charge >= 0.3 is 5.97 Å². The first-order chi connectivity index (χ1) is 13.5. The molecule has 2 amide bonds. The molecule has 1 atom stereocenters. The molecule has 1 unspecified atom stereocenters. The summed E-state index contributed by atoms with van der Waals surface area (Å²) in [4.78, 5) is 36.3. The molecule has 0 saturated heterocycles. The number of carbonyl (C=O) groups is 3. The number of carbonyl (C=O) groups excluding carboxylic acids is 2. The molecule has 2 aromatic rings. The fraction of sp³-hybridized carbons (Fsp3) is 0.348. The summed E-state index contributed by atoms with van der Waals surface area (Å²) in [6.07, 6.45) is 0. The van der Waals surface area contributed by atoms with E-state index in [0.29, 0.717) is 17.7 Å². The zero-order valence-electron chi connectivity index (χ0n) is 17.5. The van der Waals surface area contributed by atoms with Crippen LogP contribution in [0.1, 0.15) is 59.4 Å². The molecule has 6 nitrogen and oxygen atoms in total. The molecule has 0 aliphatic carbocycles. The third-order valence-electron chi connectivity index (χ3n) is 4.83. The van der Waals surface area contributed by atoms with Crippen LogP contribution in [0.4, 0.5) is 0 Å². The van der Waals surface area contributed by atoms with Crippen molar-refractivity contribution in [3.8, 4) is 0 Å². The van der Waals surface area contributed by atoms with E-state index in [1.54, 1.807) is 36.4 Å². The Hall–Kier alpha value is -3.15. The van der Waals surface area contributed by atoms with E-state index in [2.05, 4.69) is 10.6 Å². The molecule has 0 aliphatic heterocycles. The third-order valence-corrected chi connectivity index (χ3v) is 4.83. The molecule has 29 heavy (non-hydrogen) atoms. The van der Waals surface area contributed by atoms with Gasteiger partial charge in [0.05, 0.1) is 0 Å². The first-order valence-electron chi connectivity index (χ1n) is 9.47. The predicted molar refractivity (Wildman–Crippen MR) is 112 cm³/mol. The second kappa shape index (κ2) is 8.90. The Kier molecular flexibility index (Phi) is 6.80. The van der Waals surface area contributed by atoms with Crippen molar-refractivity contribution < 1.29 is 19.5 Å². The van der Waals surface area contributed by atoms with Gasteiger partial charge in [-0.25, -0.2) is 4.79 Å². The van der Waals surface area contributed by atoms with Crippen LogP contribution in [-0.4, -0.2) is 22.9 Å². The monoisotopic (exact) mass is 396 g/mol. The quantitative estimate of drug-likeness (QED) is 0.696. The highest BCUT2D eigenvalue weighted by Gasteiger charge is 2.25. The lowest BCUT2D eigenvalue weighted by atomic mass is 9.95. The van der Waals surface area contributed by atoms with Crippen molar-refractivity contribution in [3.63, 3.8) is 0 Å². The minimum atomic E-state index is -1.13. The fourth-order valence-corrected chi connectivity index (χ4v) is 2.79. The van der Waals surface area contributed by atoms with Gasteiger partial charge in [0.15, 0.2) is 6.04 Å². The molecule has 2 rings (SSSR count). The summed E-state index contributed by atoms with van der Waals surface area (Å²) >= 11 is 0. The molecule has 0 aliphatic rings. The van der Waals surface area contributed by atoms with Gasteiger partial charge in [-0.2, -0.15) is 0 Å². The SMILES string of the molecule is Cc1cccc(C(NC(=O)c2ccc(CNC(=O)C(C)(C)C)cc2)C(=O)O)c1C. The number of carboxylic acid groups (broad SMARTS) is 1. The lowest BCUT2D eigenvalue weighted by molar-refractivity contribution is -0.139. The Bertz CT molecular complexity index is 911. The van der Waals surface area contributed by atoms with E-state index in [0.717, 1.165) is 16.7 Å². The summed E-state index contributed by atoms with van der Waals surface area (Å²) in [7, 11) is 0. The van der Waals surface area contributed by atoms with Crippen LogP contribution in [0.3, 0.4) is 0 Å². The van der Waals surface area contributed by atoms with Gasteiger partial charge in [0, 0.05) is 17.5 Å². The zero-order valence-corrected chi connectivity index (χ0v) is 17.5. The predicted octanol–water partition coefficient (Wildman–Crippen LogP) is 3.52. The van der Waals surface area contributed by atoms with Crippen molar-refractivity contribution >= 4 is 17.8 Å². The van der Waals surface area contributed by atoms with Crippen molar-refractivity contribution in [1.82, 2.24) is 10.6 Å². The molecule has 2 aromatic carbocycles. The molecule has 0 bridgehead atoms. The van der Waals surface area contributed by atoms with Crippen LogP contribution in [0.2, 0.25) is 0 Å². The maximum absolute atomic E-state index is 12.6. The van der Waals surface area contributed by atoms with E-state index in [4.69, 9.17) is 0 Å². The summed E-state index contributed by atoms with van der Waals surface area (Å²) in [5.41, 5.74) is 3.10. The molecule has 6 heteroatoms. The highest BCUT2D eigenvalue weighted by molar-refractivity contribution is 5.97. The van der Waals surface area contributed by atoms with Gasteiger partial charge in [0.2, 0.25) is 5.91 Å². The highest BCUT2D eigenvalue weighted by atomic mass is 16.4. The first-order valence-corrected chi connectivity index (χ1v) is 9.47. The Morgan fingerprint density at radius 3 is 2.17 bits per heavy atom. The van der Waals surface area contributed by atoms with Gasteiger partial charge in [-0.15, -0.1) is 0 Å². The van der Waals surface area contributed by atoms with E-state index < -0.39 is 23.3 Å². The van der Waals surface area contributed by atoms with Crippen molar-refractivity contribution in [2.45, 2.75) is 47.2 Å². The maximum Gasteiger partial charge on any atom is 0.330 e. The number of benzene rings is 2. The number of aryl methyl sites for hydroxylation is 1. The largest absolute Gasteiger partial charge is 0.479 e. The minimum absolute atomic E-state index is 0.0582. The van der Waals surface area contributed by atoms with E-state index in [9.17, 15) is 19.5 Å². The number of hydrogen-bond acceptors (Lipinski definition) is 3. The van der Waals surface area contributed by atoms with Crippen LogP contribution in [-0.2, 0) is 16.1 Å². The second-order valence-corrected chi connectivity index (χ2v) is 8.16. The van der Waals surface area contributed by atoms with E-state index >= 15 is 0 Å². The average Bonchev–Trinajstić information content (AvgIpc) is 2.66. The first kappa shape index (κ1) is 22.1. The summed E-state index contributed by atoms with van der Waals surface area (Å²) in [6, 6.07) is 11.0. The van der Waals surface area contributed by atoms with Crippen LogP contribution in [0, 0.1) is 19.3 Å². The standard InChI is InChI=1S/C23H28N2O4/c1-14-7-6-8-18(15(14)2)19(21(27)28)25-20(26)17-11-9-16(10-12-17)13-24-22(29)23(3,4)5/h6-12,19H,13H2,1-5H3,(H,24,29)(H,25,26)(H,27,28). The Morgan fingerprint density at radius 1 is 1.00 bits per heavy atom. The Morgan fingerprint density at radius 2 is 1.62 bits per heavy atom. The van der Waals surface area contributed by atoms with Gasteiger partial charge in [-0.05, 0) is 48.2 Å². The van der Waals surface area contributed by atoms with Crippen molar-refractivity contribution in [3.05, 3.63) is 70.3 Å². The third kappa shape index (κ3) is 5.67. The summed E-state index contributed by atoms with van der Waals surface area (Å²) in [5.74, 6) is -1.64. The highest BCUT2D eigenvalue weighted by Crippen LogP contribution is 2.21. The molecule has 0 aromatic heterocycles. The van der Waals surface area contributed by atoms with E-state index in [-0.39, 0.29) is 5.91 Å². The molecular weight excluding hydrogens is 368 g/mol. The molecule has 0 radical (unpaired) electrons. The Labute approximate surface area is 171 Å². The topological polar surface area (TPSA) is 95.5 Å². The van der Waals surface area contributed by atoms with Crippen LogP contribution in [0.15, 0.2) is 42.5 Å². The number of rotatable bonds is 6. The van der Waals surface area contributed by atoms with Crippen LogP contribution < -0.4 is 10.6 Å². The normalized spacial score (nSPS) is 12.2. The second-order valence-electron chi connectivity index (χ2n) is 8.16. The number of carboxylic acids is 1. The molecule has 0 saturated carbocycles. The summed E-state index contributed by atoms with van der Waals surface area (Å²) in [6.45, 7) is 9.61. The van der Waals surface area contributed by atoms with Crippen molar-refractivity contribution in [2.24, 2.45) is 5.41 Å². The van der Waals surface area contributed by atoms with Crippen molar-refractivity contribution in [2.75, 3.05) is 0 Å². The lowest BCUT2D eigenvalue weighted by Gasteiger charge is -2.19. The van der Waals surface area contributed by atoms with E-state index in [1.807, 2.05) is 40.7 Å². The molecule has 0 fully saturated rings. The molecule has 0 heterocycles. The molecule has 154 valence electrons. The minimum Gasteiger partial charge on any atom is -0.479 e. The summed E-state index contributed by atoms with van der Waals surface area (Å²) in [5, 5.41) is 15.1. The number of hydrogen-bond donors (Lipinski definition) is 3. The van der Waals surface area contributed by atoms with Crippen molar-refractivity contribution in [1.29, 1.82) is 0 Å². The number of nitrogens with one attached hydrogen (secondary N) is 2. The summed E-state index contributed by atoms with van der Waals surface area (Å²) < 4.78 is 0. The zero-order chi connectivity index (χ0) is 21.8. The smallest absolute Gasteiger partial charge is 0.330 e. The fourth-order valence-electron chi connectivity index (χ4n) is 2.79. The maximum atomic E-state index is 12.6. The Balaban J connectivity index is 2.10. The lowest BCUT2D eigenvalue weighted by Crippen LogP contribution is -2.34. The van der Waals surface area contributed by atoms with Gasteiger partial charge in [-0.1, -0.05) is 51.1 Å². The molecule has 3 N–H and O–H groups in total. The van der Waals surface area contributed by atoms with E-state index in [1.165, 1.54) is 0 Å². The van der Waals surface area contributed by atoms with Gasteiger partial charge in [-0.3, -0.25) is 9.59 Å². The van der Waals surface area contributed by atoms with Gasteiger partial charge < -0.3 is 15.7 Å². The van der Waals surface area contributed by atoms with Crippen LogP contribution in [0.5, 0.6) is 0 Å². The molecular formula is C23H28N2O4. The van der Waals surface area contributed by atoms with Crippen LogP contribution >= 0.6 is 0 Å². The van der Waals surface area contributed by atoms with Gasteiger partial charge in [0.25, 0.3) is 5.91 Å².